The summed E-state index contributed by atoms with van der Waals surface area (Å²) in [6.07, 6.45) is 0. The van der Waals surface area contributed by atoms with Crippen LogP contribution in [-0.4, -0.2) is 52.3 Å². The Balaban J connectivity index is 2.76. The van der Waals surface area contributed by atoms with Crippen LogP contribution in [0.5, 0.6) is 0 Å². The highest BCUT2D eigenvalue weighted by atomic mass is 16.5. The van der Waals surface area contributed by atoms with E-state index >= 15 is 0 Å². The molecule has 0 radical (unpaired) electrons. The van der Waals surface area contributed by atoms with Crippen LogP contribution in [0.1, 0.15) is 41.4 Å². The van der Waals surface area contributed by atoms with Crippen molar-refractivity contribution in [3.63, 3.8) is 0 Å². The highest BCUT2D eigenvalue weighted by Crippen LogP contribution is 2.43. The van der Waals surface area contributed by atoms with E-state index in [4.69, 9.17) is 18.9 Å². The van der Waals surface area contributed by atoms with Gasteiger partial charge in [-0.05, 0) is 11.1 Å². The zero-order valence-electron chi connectivity index (χ0n) is 19.0. The summed E-state index contributed by atoms with van der Waals surface area (Å²) in [7, 11) is 4.48. The van der Waals surface area contributed by atoms with E-state index in [1.54, 1.807) is 60.7 Å². The van der Waals surface area contributed by atoms with Crippen LogP contribution in [0.4, 0.5) is 0 Å². The zero-order chi connectivity index (χ0) is 24.8. The Hall–Kier alpha value is -4.46. The van der Waals surface area contributed by atoms with Crippen LogP contribution in [0, 0.1) is 0 Å². The number of hydrogen-bond donors (Lipinski definition) is 0. The number of carbonyl (C=O) groups is 4. The monoisotopic (exact) mass is 462 g/mol. The third-order valence-electron chi connectivity index (χ3n) is 5.18. The van der Waals surface area contributed by atoms with Gasteiger partial charge in [0.2, 0.25) is 0 Å². The van der Waals surface area contributed by atoms with E-state index in [0.29, 0.717) is 11.1 Å². The van der Waals surface area contributed by atoms with Crippen molar-refractivity contribution in [2.24, 2.45) is 0 Å². The Kier molecular flexibility index (Phi) is 7.43. The fourth-order valence-corrected chi connectivity index (χ4v) is 3.76. The van der Waals surface area contributed by atoms with Gasteiger partial charge in [0.15, 0.2) is 0 Å². The number of esters is 4. The molecule has 0 saturated carbocycles. The maximum absolute atomic E-state index is 13.1. The van der Waals surface area contributed by atoms with Crippen LogP contribution in [-0.2, 0) is 18.9 Å². The first kappa shape index (κ1) is 24.2. The molecule has 0 N–H and O–H groups in total. The van der Waals surface area contributed by atoms with Crippen LogP contribution in [0.2, 0.25) is 0 Å². The fourth-order valence-electron chi connectivity index (χ4n) is 3.76. The lowest BCUT2D eigenvalue weighted by Gasteiger charge is -2.23. The normalized spacial score (nSPS) is 10.2. The van der Waals surface area contributed by atoms with Gasteiger partial charge in [0.05, 0.1) is 50.7 Å². The average molecular weight is 462 g/mol. The lowest BCUT2D eigenvalue weighted by molar-refractivity contribution is 0.0522. The summed E-state index contributed by atoms with van der Waals surface area (Å²) in [5.74, 6) is -3.86. The molecule has 0 unspecified atom stereocenters. The Morgan fingerprint density at radius 1 is 0.441 bits per heavy atom. The average Bonchev–Trinajstić information content (AvgIpc) is 2.90. The number of benzene rings is 3. The topological polar surface area (TPSA) is 105 Å². The number of methoxy groups -OCH3 is 4. The standard InChI is InChI=1S/C26H22O8/c1-31-23(27)19-17(15-11-7-5-8-12-15)18(16-13-9-6-10-14-16)20(24(28)32-2)22(26(30)34-4)21(19)25(29)33-3/h5-14H,1-4H3. The molecule has 0 aliphatic carbocycles. The maximum Gasteiger partial charge on any atom is 0.339 e. The highest BCUT2D eigenvalue weighted by molar-refractivity contribution is 6.22. The molecule has 0 spiro atoms. The van der Waals surface area contributed by atoms with Crippen molar-refractivity contribution >= 4 is 23.9 Å². The molecule has 174 valence electrons. The van der Waals surface area contributed by atoms with E-state index in [1.807, 2.05) is 0 Å². The van der Waals surface area contributed by atoms with Crippen LogP contribution >= 0.6 is 0 Å². The molecule has 3 aromatic carbocycles. The Bertz CT molecular complexity index is 1150. The molecular weight excluding hydrogens is 440 g/mol. The molecule has 3 aromatic rings. The van der Waals surface area contributed by atoms with E-state index in [0.717, 1.165) is 28.4 Å². The van der Waals surface area contributed by atoms with E-state index in [-0.39, 0.29) is 22.3 Å². The molecule has 0 heterocycles. The lowest BCUT2D eigenvalue weighted by Crippen LogP contribution is -2.24. The van der Waals surface area contributed by atoms with Gasteiger partial charge in [0.25, 0.3) is 0 Å². The SMILES string of the molecule is COC(=O)c1c(C(=O)OC)c(C(=O)OC)c(-c2ccccc2)c(-c2ccccc2)c1C(=O)OC. The van der Waals surface area contributed by atoms with Crippen LogP contribution in [0.25, 0.3) is 22.3 Å². The number of ether oxygens (including phenoxy) is 4. The molecule has 0 fully saturated rings. The number of hydrogen-bond acceptors (Lipinski definition) is 8. The molecule has 8 nitrogen and oxygen atoms in total. The molecule has 8 heteroatoms. The van der Waals surface area contributed by atoms with Crippen LogP contribution < -0.4 is 0 Å². The van der Waals surface area contributed by atoms with E-state index < -0.39 is 35.0 Å². The number of carbonyl (C=O) groups excluding carboxylic acids is 4. The molecule has 34 heavy (non-hydrogen) atoms. The van der Waals surface area contributed by atoms with Gasteiger partial charge in [0, 0.05) is 11.1 Å². The molecular formula is C26H22O8. The second-order valence-electron chi connectivity index (χ2n) is 6.95. The van der Waals surface area contributed by atoms with Crippen molar-refractivity contribution in [2.45, 2.75) is 0 Å². The second-order valence-corrected chi connectivity index (χ2v) is 6.95. The van der Waals surface area contributed by atoms with Gasteiger partial charge in [-0.25, -0.2) is 19.2 Å². The lowest BCUT2D eigenvalue weighted by atomic mass is 9.80. The smallest absolute Gasteiger partial charge is 0.339 e. The first-order valence-electron chi connectivity index (χ1n) is 10.1. The molecule has 0 bridgehead atoms. The Morgan fingerprint density at radius 3 is 0.971 bits per heavy atom. The van der Waals surface area contributed by atoms with Gasteiger partial charge in [-0.15, -0.1) is 0 Å². The van der Waals surface area contributed by atoms with Crippen molar-refractivity contribution in [1.29, 1.82) is 0 Å². The van der Waals surface area contributed by atoms with Gasteiger partial charge in [-0.1, -0.05) is 60.7 Å². The van der Waals surface area contributed by atoms with Crippen molar-refractivity contribution in [2.75, 3.05) is 28.4 Å². The van der Waals surface area contributed by atoms with E-state index in [9.17, 15) is 19.2 Å². The number of rotatable bonds is 6. The predicted molar refractivity (Wildman–Crippen MR) is 123 cm³/mol. The summed E-state index contributed by atoms with van der Waals surface area (Å²) in [5, 5.41) is 0. The molecule has 3 rings (SSSR count). The van der Waals surface area contributed by atoms with Gasteiger partial charge in [-0.3, -0.25) is 0 Å². The third kappa shape index (κ3) is 4.25. The van der Waals surface area contributed by atoms with E-state index in [2.05, 4.69) is 0 Å². The fraction of sp³-hybridized carbons (Fsp3) is 0.154. The Labute approximate surface area is 196 Å². The second kappa shape index (κ2) is 10.4. The third-order valence-corrected chi connectivity index (χ3v) is 5.18. The summed E-state index contributed by atoms with van der Waals surface area (Å²) < 4.78 is 19.8. The van der Waals surface area contributed by atoms with Gasteiger partial charge < -0.3 is 18.9 Å². The summed E-state index contributed by atoms with van der Waals surface area (Å²) in [4.78, 5) is 52.3. The first-order valence-corrected chi connectivity index (χ1v) is 10.1. The van der Waals surface area contributed by atoms with Crippen molar-refractivity contribution in [3.8, 4) is 22.3 Å². The summed E-state index contributed by atoms with van der Waals surface area (Å²) >= 11 is 0. The molecule has 0 saturated heterocycles. The molecule has 0 amide bonds. The van der Waals surface area contributed by atoms with Crippen molar-refractivity contribution in [3.05, 3.63) is 82.9 Å². The van der Waals surface area contributed by atoms with Gasteiger partial charge in [0.1, 0.15) is 0 Å². The van der Waals surface area contributed by atoms with Crippen molar-refractivity contribution < 1.29 is 38.1 Å². The summed E-state index contributed by atoms with van der Waals surface area (Å²) in [6, 6.07) is 17.3. The largest absolute Gasteiger partial charge is 0.465 e. The molecule has 0 atom stereocenters. The minimum atomic E-state index is -1.03. The quantitative estimate of drug-likeness (QED) is 0.397. The molecule has 0 aliphatic heterocycles. The summed E-state index contributed by atoms with van der Waals surface area (Å²) in [5.41, 5.74) is -0.0127. The zero-order valence-corrected chi connectivity index (χ0v) is 19.0. The minimum absolute atomic E-state index is 0.201. The van der Waals surface area contributed by atoms with Gasteiger partial charge >= 0.3 is 23.9 Å². The summed E-state index contributed by atoms with van der Waals surface area (Å²) in [6.45, 7) is 0. The Morgan fingerprint density at radius 2 is 0.706 bits per heavy atom. The van der Waals surface area contributed by atoms with E-state index in [1.165, 1.54) is 0 Å². The van der Waals surface area contributed by atoms with Crippen LogP contribution in [0.15, 0.2) is 60.7 Å². The molecule has 0 aromatic heterocycles. The van der Waals surface area contributed by atoms with Crippen molar-refractivity contribution in [1.82, 2.24) is 0 Å². The highest BCUT2D eigenvalue weighted by Gasteiger charge is 2.38. The predicted octanol–water partition coefficient (Wildman–Crippen LogP) is 4.17. The van der Waals surface area contributed by atoms with Crippen LogP contribution in [0.3, 0.4) is 0 Å². The minimum Gasteiger partial charge on any atom is -0.465 e. The first-order chi connectivity index (χ1) is 16.4. The maximum atomic E-state index is 13.1. The van der Waals surface area contributed by atoms with Gasteiger partial charge in [-0.2, -0.15) is 0 Å². The molecule has 0 aliphatic rings.